The molecule has 2 fully saturated rings. The van der Waals surface area contributed by atoms with E-state index in [2.05, 4.69) is 15.6 Å². The third kappa shape index (κ3) is 13.0. The van der Waals surface area contributed by atoms with Crippen molar-refractivity contribution in [1.29, 1.82) is 0 Å². The van der Waals surface area contributed by atoms with Gasteiger partial charge in [-0.05, 0) is 108 Å². The van der Waals surface area contributed by atoms with Gasteiger partial charge >= 0.3 is 7.82 Å². The van der Waals surface area contributed by atoms with Crippen LogP contribution in [0.5, 0.6) is 0 Å². The molecule has 492 valence electrons. The van der Waals surface area contributed by atoms with E-state index in [0.29, 0.717) is 56.4 Å². The number of aromatic nitrogens is 2. The molecule has 0 radical (unpaired) electrons. The molecule has 6 aliphatic heterocycles. The molecule has 2 unspecified atom stereocenters. The Balaban J connectivity index is 1.19. The van der Waals surface area contributed by atoms with Crippen LogP contribution in [0, 0.1) is 59.2 Å². The van der Waals surface area contributed by atoms with E-state index in [-0.39, 0.29) is 77.2 Å². The maximum Gasteiger partial charge on any atom is 0.472 e. The summed E-state index contributed by atoms with van der Waals surface area (Å²) in [5, 5.41) is 28.2. The standard InChI is InChI=1S/C62H90N13O14P/c1-29-20-39-40(21-30(29)2)75(28-70-39)57-52(84)53(41(27-76)87-57)89-90(85,86)88-31(3)26-69-49(83)18-19-59(8)37(22-46(66)80)56-62(11)61(10,25-48(68)82)36(14-17-45(65)79)51(74-62)33(5)55-60(9,24-47(67)81)34(12-15-43(63)77)38(71-55)23-42-58(6,7)35(13-16-44(64)78)50(72-42)32(4)54(59)73-56/h20-21,23,28,31,34-37,41,52-53,56-57,71,76,84H,12-19,22,24-27H2,1-11H3,(H2,63,77)(H2,64,78)(H2,65,79)(H2,66,80)(H2,67,81)(H2,68,82)(H,69,83)(H,85,86)/b38-23-,50-32-,55-33-/t31-,34-,35-,36-,37+,41-,52-,53-,56?,57+,59-,60+,61+,62-/m1/s1. The predicted octanol–water partition coefficient (Wildman–Crippen LogP) is 3.16. The Bertz CT molecular complexity index is 3540. The van der Waals surface area contributed by atoms with Gasteiger partial charge in [-0.3, -0.25) is 57.6 Å². The zero-order chi connectivity index (χ0) is 66.7. The van der Waals surface area contributed by atoms with Crippen molar-refractivity contribution in [2.75, 3.05) is 13.2 Å². The van der Waals surface area contributed by atoms with Crippen LogP contribution in [0.3, 0.4) is 0 Å². The van der Waals surface area contributed by atoms with Gasteiger partial charge in [0.05, 0.1) is 41.7 Å². The fourth-order valence-corrected chi connectivity index (χ4v) is 16.6. The topological polar surface area (TPSA) is 460 Å². The van der Waals surface area contributed by atoms with Crippen molar-refractivity contribution < 1.29 is 67.0 Å². The molecule has 0 spiro atoms. The number of benzene rings is 1. The number of hydrogen-bond donors (Lipinski definition) is 11. The van der Waals surface area contributed by atoms with Crippen molar-refractivity contribution in [2.45, 2.75) is 189 Å². The van der Waals surface area contributed by atoms with E-state index in [1.54, 1.807) is 4.57 Å². The fraction of sp³-hybridized carbons (Fsp3) is 0.629. The molecular weight excluding hydrogens is 1180 g/mol. The molecule has 6 aliphatic rings. The lowest BCUT2D eigenvalue weighted by Gasteiger charge is -2.48. The fourth-order valence-electron chi connectivity index (χ4n) is 15.4. The molecule has 1 aromatic heterocycles. The first-order valence-corrected chi connectivity index (χ1v) is 32.1. The molecule has 2 aromatic rings. The van der Waals surface area contributed by atoms with Gasteiger partial charge in [-0.1, -0.05) is 34.6 Å². The van der Waals surface area contributed by atoms with Crippen LogP contribution in [0.2, 0.25) is 0 Å². The number of nitrogens with two attached hydrogens (primary N) is 6. The summed E-state index contributed by atoms with van der Waals surface area (Å²) in [6.45, 7) is 19.3. The summed E-state index contributed by atoms with van der Waals surface area (Å²) in [7, 11) is -5.07. The van der Waals surface area contributed by atoms with Crippen molar-refractivity contribution in [3.63, 3.8) is 0 Å². The second kappa shape index (κ2) is 25.6. The SMILES string of the molecule is C/C1=C2N=C(/C=C3\N/C(=C(/C)C4=N[C@](C)(C5N=C1[C@](C)(CCC(=O)NC[C@@H](C)OP(=O)(O)O[C@H]1[C@@H](O)[C@@H](n6cnc7cc(C)c(C)cc76)O[C@@H]1CO)[C@H]5CC(N)=O)[C@@](C)(CC(N)=O)[C@@H]4CCC(N)=O)[C@@](C)(CC(N)=O)[C@@H]3CCC(N)=O)C(C)(C)[C@@H]/2CCC(N)=O. The van der Waals surface area contributed by atoms with Gasteiger partial charge in [0.25, 0.3) is 0 Å². The number of aliphatic hydroxyl groups is 2. The third-order valence-corrected chi connectivity index (χ3v) is 21.7. The third-order valence-electron chi connectivity index (χ3n) is 20.6. The van der Waals surface area contributed by atoms with Crippen LogP contribution in [-0.4, -0.2) is 132 Å². The summed E-state index contributed by atoms with van der Waals surface area (Å²) in [5.74, 6) is -7.18. The smallest absolute Gasteiger partial charge is 0.394 e. The minimum Gasteiger partial charge on any atom is -0.394 e. The number of hydrogen-bond acceptors (Lipinski definition) is 18. The molecule has 8 rings (SSSR count). The molecule has 7 amide bonds. The normalized spacial score (nSPS) is 34.2. The number of aliphatic imine (C=N–C) groups is 3. The molecule has 8 bridgehead atoms. The van der Waals surface area contributed by atoms with Crippen LogP contribution >= 0.6 is 7.82 Å². The highest BCUT2D eigenvalue weighted by Gasteiger charge is 2.66. The number of nitrogens with one attached hydrogen (secondary N) is 2. The summed E-state index contributed by atoms with van der Waals surface area (Å²) < 4.78 is 32.3. The molecule has 17 N–H and O–H groups in total. The van der Waals surface area contributed by atoms with E-state index in [1.807, 2.05) is 87.4 Å². The van der Waals surface area contributed by atoms with Gasteiger partial charge in [-0.2, -0.15) is 0 Å². The number of rotatable bonds is 26. The first kappa shape index (κ1) is 68.9. The molecule has 27 nitrogen and oxygen atoms in total. The number of carbonyl (C=O) groups is 7. The maximum absolute atomic E-state index is 14.4. The Kier molecular flexibility index (Phi) is 19.6. The van der Waals surface area contributed by atoms with Crippen LogP contribution in [0.1, 0.15) is 150 Å². The van der Waals surface area contributed by atoms with Crippen molar-refractivity contribution in [1.82, 2.24) is 20.2 Å². The molecule has 7 heterocycles. The number of phosphoric acid groups is 1. The summed E-state index contributed by atoms with van der Waals surface area (Å²) in [4.78, 5) is 126. The number of nitrogens with zero attached hydrogens (tertiary/aromatic N) is 5. The summed E-state index contributed by atoms with van der Waals surface area (Å²) in [6, 6.07) is 2.70. The average molecular weight is 1270 g/mol. The minimum atomic E-state index is -5.07. The van der Waals surface area contributed by atoms with Gasteiger partial charge in [0.1, 0.15) is 18.3 Å². The first-order valence-electron chi connectivity index (χ1n) is 30.6. The Morgan fingerprint density at radius 3 is 1.99 bits per heavy atom. The van der Waals surface area contributed by atoms with Crippen LogP contribution in [0.15, 0.2) is 67.8 Å². The van der Waals surface area contributed by atoms with E-state index >= 15 is 0 Å². The second-order valence-electron chi connectivity index (χ2n) is 27.1. The predicted molar refractivity (Wildman–Crippen MR) is 334 cm³/mol. The van der Waals surface area contributed by atoms with Gasteiger partial charge in [-0.25, -0.2) is 9.55 Å². The number of primary amides is 6. The lowest BCUT2D eigenvalue weighted by Crippen LogP contribution is -2.56. The zero-order valence-electron chi connectivity index (χ0n) is 53.3. The summed E-state index contributed by atoms with van der Waals surface area (Å²) in [5.41, 5.74) is 37.4. The van der Waals surface area contributed by atoms with Crippen LogP contribution < -0.4 is 45.0 Å². The molecule has 0 aliphatic carbocycles. The van der Waals surface area contributed by atoms with E-state index in [0.717, 1.165) is 11.1 Å². The summed E-state index contributed by atoms with van der Waals surface area (Å²) >= 11 is 0. The molecule has 15 atom stereocenters. The number of carbonyl (C=O) groups excluding carboxylic acids is 7. The number of phosphoric ester groups is 1. The van der Waals surface area contributed by atoms with Crippen molar-refractivity contribution in [3.05, 3.63) is 63.9 Å². The van der Waals surface area contributed by atoms with Gasteiger partial charge in [-0.15, -0.1) is 0 Å². The molecule has 0 saturated carbocycles. The van der Waals surface area contributed by atoms with E-state index in [9.17, 15) is 53.2 Å². The first-order chi connectivity index (χ1) is 41.8. The second-order valence-corrected chi connectivity index (χ2v) is 28.4. The Hall–Kier alpha value is -7.00. The zero-order valence-corrected chi connectivity index (χ0v) is 54.1. The molecular formula is C62H90N13O14P. The minimum absolute atomic E-state index is 0.0114. The molecule has 2 saturated heterocycles. The van der Waals surface area contributed by atoms with Crippen LogP contribution in [-0.2, 0) is 51.9 Å². The summed E-state index contributed by atoms with van der Waals surface area (Å²) in [6.07, 6.45) is -4.26. The lowest BCUT2D eigenvalue weighted by atomic mass is 9.55. The van der Waals surface area contributed by atoms with Crippen molar-refractivity contribution in [2.24, 2.45) is 94.7 Å². The quantitative estimate of drug-likeness (QED) is 0.0603. The highest BCUT2D eigenvalue weighted by atomic mass is 31.2. The van der Waals surface area contributed by atoms with Crippen molar-refractivity contribution in [3.8, 4) is 0 Å². The Labute approximate surface area is 523 Å². The van der Waals surface area contributed by atoms with Gasteiger partial charge in [0, 0.05) is 131 Å². The number of aliphatic hydroxyl groups excluding tert-OH is 2. The lowest BCUT2D eigenvalue weighted by molar-refractivity contribution is -0.124. The van der Waals surface area contributed by atoms with E-state index in [4.69, 9.17) is 63.2 Å². The monoisotopic (exact) mass is 1270 g/mol. The average Bonchev–Trinajstić information content (AvgIpc) is 1.53. The number of fused-ring (bicyclic) bond motifs is 7. The maximum atomic E-state index is 14.4. The van der Waals surface area contributed by atoms with Gasteiger partial charge in [0.15, 0.2) is 6.23 Å². The highest BCUT2D eigenvalue weighted by molar-refractivity contribution is 7.47. The number of ether oxygens (including phenoxy) is 1. The van der Waals surface area contributed by atoms with Crippen LogP contribution in [0.25, 0.3) is 11.0 Å². The molecule has 28 heteroatoms. The number of aryl methyl sites for hydroxylation is 2. The molecule has 90 heavy (non-hydrogen) atoms. The van der Waals surface area contributed by atoms with E-state index < -0.39 is 143 Å². The van der Waals surface area contributed by atoms with E-state index in [1.165, 1.54) is 13.3 Å². The van der Waals surface area contributed by atoms with Crippen molar-refractivity contribution >= 4 is 77.3 Å². The number of imidazole rings is 1. The largest absolute Gasteiger partial charge is 0.472 e. The van der Waals surface area contributed by atoms with Crippen LogP contribution in [0.4, 0.5) is 0 Å². The van der Waals surface area contributed by atoms with Gasteiger partial charge < -0.3 is 69.4 Å². The van der Waals surface area contributed by atoms with Gasteiger partial charge in [0.2, 0.25) is 41.4 Å². The molecule has 1 aromatic carbocycles. The Morgan fingerprint density at radius 2 is 1.40 bits per heavy atom. The highest BCUT2D eigenvalue weighted by Crippen LogP contribution is 2.63. The number of allylic oxidation sites excluding steroid dienone is 6. The Morgan fingerprint density at radius 1 is 0.800 bits per heavy atom. The number of amides is 7.